The Labute approximate surface area is 177 Å². The number of hydrogen-bond acceptors (Lipinski definition) is 7. The molecule has 1 N–H and O–H groups in total. The Bertz CT molecular complexity index is 1240. The van der Waals surface area contributed by atoms with Crippen molar-refractivity contribution in [2.24, 2.45) is 0 Å². The van der Waals surface area contributed by atoms with Gasteiger partial charge in [0.05, 0.1) is 22.2 Å². The fraction of sp³-hybridized carbons (Fsp3) is 0.250. The lowest BCUT2D eigenvalue weighted by Crippen LogP contribution is -2.45. The van der Waals surface area contributed by atoms with E-state index in [9.17, 15) is 18.0 Å². The van der Waals surface area contributed by atoms with Gasteiger partial charge in [0, 0.05) is 6.42 Å². The van der Waals surface area contributed by atoms with Crippen LogP contribution in [-0.4, -0.2) is 42.7 Å². The van der Waals surface area contributed by atoms with Crippen LogP contribution >= 0.6 is 11.3 Å². The summed E-state index contributed by atoms with van der Waals surface area (Å²) in [5.74, 6) is -0.506. The lowest BCUT2D eigenvalue weighted by atomic mass is 10.2. The molecule has 4 rings (SSSR count). The van der Waals surface area contributed by atoms with E-state index in [4.69, 9.17) is 4.74 Å². The van der Waals surface area contributed by atoms with Gasteiger partial charge < -0.3 is 10.1 Å². The Hall–Kier alpha value is -2.98. The van der Waals surface area contributed by atoms with Crippen LogP contribution in [0.15, 0.2) is 47.4 Å². The third-order valence-corrected chi connectivity index (χ3v) is 7.64. The van der Waals surface area contributed by atoms with Gasteiger partial charge in [0.25, 0.3) is 10.0 Å². The highest BCUT2D eigenvalue weighted by molar-refractivity contribution is 7.89. The lowest BCUT2D eigenvalue weighted by Gasteiger charge is -2.23. The minimum Gasteiger partial charge on any atom is -0.497 e. The number of nitrogens with one attached hydrogen (secondary N) is 1. The van der Waals surface area contributed by atoms with Gasteiger partial charge in [-0.1, -0.05) is 29.0 Å². The van der Waals surface area contributed by atoms with Crippen LogP contribution in [0.25, 0.3) is 10.2 Å². The first-order valence-corrected chi connectivity index (χ1v) is 11.4. The zero-order valence-corrected chi connectivity index (χ0v) is 17.9. The summed E-state index contributed by atoms with van der Waals surface area (Å²) in [5.41, 5.74) is 1.58. The number of methoxy groups -OCH3 is 1. The second-order valence-corrected chi connectivity index (χ2v) is 9.75. The number of benzene rings is 2. The molecule has 2 amide bonds. The van der Waals surface area contributed by atoms with Crippen LogP contribution < -0.4 is 10.1 Å². The van der Waals surface area contributed by atoms with Gasteiger partial charge in [-0.15, -0.1) is 0 Å². The normalized spacial score (nSPS) is 16.8. The number of anilines is 1. The standard InChI is InChI=1S/C20H19N3O5S2/c1-12-3-6-14(7-4-12)30(26,27)23-16(9-10-18(23)24)19(25)22-20-21-15-8-5-13(28-2)11-17(15)29-20/h3-8,11,16H,9-10H2,1-2H3,(H,21,22,25). The average molecular weight is 446 g/mol. The molecule has 8 nitrogen and oxygen atoms in total. The molecule has 2 aromatic carbocycles. The summed E-state index contributed by atoms with van der Waals surface area (Å²) in [6, 6.07) is 10.4. The van der Waals surface area contributed by atoms with Gasteiger partial charge in [-0.05, 0) is 43.7 Å². The number of aromatic nitrogens is 1. The van der Waals surface area contributed by atoms with Crippen molar-refractivity contribution in [1.82, 2.24) is 9.29 Å². The van der Waals surface area contributed by atoms with Gasteiger partial charge in [0.15, 0.2) is 5.13 Å². The van der Waals surface area contributed by atoms with E-state index in [1.54, 1.807) is 37.4 Å². The SMILES string of the molecule is COc1ccc2nc(NC(=O)C3CCC(=O)N3S(=O)(=O)c3ccc(C)cc3)sc2c1. The number of fused-ring (bicyclic) bond motifs is 1. The molecule has 3 aromatic rings. The number of carbonyl (C=O) groups excluding carboxylic acids is 2. The van der Waals surface area contributed by atoms with Gasteiger partial charge in [-0.2, -0.15) is 0 Å². The smallest absolute Gasteiger partial charge is 0.267 e. The summed E-state index contributed by atoms with van der Waals surface area (Å²) in [6.07, 6.45) is 0.106. The van der Waals surface area contributed by atoms with Crippen molar-refractivity contribution >= 4 is 48.5 Å². The molecule has 1 aromatic heterocycles. The molecule has 1 fully saturated rings. The van der Waals surface area contributed by atoms with Crippen LogP contribution in [0.2, 0.25) is 0 Å². The minimum absolute atomic E-state index is 0.0137. The zero-order chi connectivity index (χ0) is 21.5. The van der Waals surface area contributed by atoms with E-state index in [1.807, 2.05) is 6.92 Å². The quantitative estimate of drug-likeness (QED) is 0.647. The first kappa shape index (κ1) is 20.3. The zero-order valence-electron chi connectivity index (χ0n) is 16.3. The van der Waals surface area contributed by atoms with E-state index in [2.05, 4.69) is 10.3 Å². The summed E-state index contributed by atoms with van der Waals surface area (Å²) in [7, 11) is -2.57. The number of carbonyl (C=O) groups is 2. The fourth-order valence-corrected chi connectivity index (χ4v) is 5.80. The molecule has 1 aliphatic rings. The van der Waals surface area contributed by atoms with Crippen LogP contribution in [-0.2, 0) is 19.6 Å². The number of hydrogen-bond donors (Lipinski definition) is 1. The number of ether oxygens (including phenoxy) is 1. The van der Waals surface area contributed by atoms with Crippen molar-refractivity contribution in [3.63, 3.8) is 0 Å². The Morgan fingerprint density at radius 3 is 2.67 bits per heavy atom. The van der Waals surface area contributed by atoms with E-state index < -0.39 is 27.9 Å². The molecular weight excluding hydrogens is 426 g/mol. The first-order chi connectivity index (χ1) is 14.3. The second-order valence-electron chi connectivity index (χ2n) is 6.90. The molecule has 0 radical (unpaired) electrons. The van der Waals surface area contributed by atoms with Crippen LogP contribution in [0, 0.1) is 6.92 Å². The molecule has 1 atom stereocenters. The number of aryl methyl sites for hydroxylation is 1. The lowest BCUT2D eigenvalue weighted by molar-refractivity contribution is -0.128. The summed E-state index contributed by atoms with van der Waals surface area (Å²) in [5, 5.41) is 2.99. The highest BCUT2D eigenvalue weighted by Crippen LogP contribution is 2.31. The molecule has 1 unspecified atom stereocenters. The summed E-state index contributed by atoms with van der Waals surface area (Å²) in [4.78, 5) is 29.6. The molecule has 2 heterocycles. The van der Waals surface area contributed by atoms with Crippen LogP contribution in [0.1, 0.15) is 18.4 Å². The number of sulfonamides is 1. The van der Waals surface area contributed by atoms with Crippen molar-refractivity contribution in [3.8, 4) is 5.75 Å². The molecule has 0 spiro atoms. The maximum Gasteiger partial charge on any atom is 0.267 e. The Kier molecular flexibility index (Phi) is 5.20. The van der Waals surface area contributed by atoms with E-state index in [-0.39, 0.29) is 17.7 Å². The Morgan fingerprint density at radius 1 is 1.23 bits per heavy atom. The maximum atomic E-state index is 13.0. The minimum atomic E-state index is -4.14. The Morgan fingerprint density at radius 2 is 1.97 bits per heavy atom. The topological polar surface area (TPSA) is 106 Å². The van der Waals surface area contributed by atoms with Crippen LogP contribution in [0.4, 0.5) is 5.13 Å². The molecule has 0 saturated carbocycles. The van der Waals surface area contributed by atoms with Crippen LogP contribution in [0.3, 0.4) is 0 Å². The van der Waals surface area contributed by atoms with Crippen molar-refractivity contribution in [1.29, 1.82) is 0 Å². The van der Waals surface area contributed by atoms with E-state index in [0.29, 0.717) is 20.7 Å². The van der Waals surface area contributed by atoms with Crippen molar-refractivity contribution in [3.05, 3.63) is 48.0 Å². The van der Waals surface area contributed by atoms with E-state index in [0.717, 1.165) is 10.3 Å². The maximum absolute atomic E-state index is 13.0. The molecule has 1 aliphatic heterocycles. The van der Waals surface area contributed by atoms with Crippen molar-refractivity contribution in [2.75, 3.05) is 12.4 Å². The number of nitrogens with zero attached hydrogens (tertiary/aromatic N) is 2. The number of amides is 2. The molecule has 156 valence electrons. The molecule has 1 saturated heterocycles. The first-order valence-electron chi connectivity index (χ1n) is 9.19. The highest BCUT2D eigenvalue weighted by atomic mass is 32.2. The van der Waals surface area contributed by atoms with Gasteiger partial charge in [0.1, 0.15) is 11.8 Å². The van der Waals surface area contributed by atoms with Gasteiger partial charge in [-0.3, -0.25) is 9.59 Å². The Balaban J connectivity index is 1.60. The largest absolute Gasteiger partial charge is 0.497 e. The van der Waals surface area contributed by atoms with Gasteiger partial charge in [-0.25, -0.2) is 17.7 Å². The highest BCUT2D eigenvalue weighted by Gasteiger charge is 2.44. The molecular formula is C20H19N3O5S2. The second kappa shape index (κ2) is 7.69. The van der Waals surface area contributed by atoms with Gasteiger partial charge >= 0.3 is 0 Å². The monoisotopic (exact) mass is 445 g/mol. The van der Waals surface area contributed by atoms with Crippen LogP contribution in [0.5, 0.6) is 5.75 Å². The fourth-order valence-electron chi connectivity index (χ4n) is 3.30. The predicted molar refractivity (Wildman–Crippen MR) is 113 cm³/mol. The molecule has 0 aliphatic carbocycles. The summed E-state index contributed by atoms with van der Waals surface area (Å²) < 4.78 is 32.8. The number of rotatable bonds is 5. The molecule has 0 bridgehead atoms. The third-order valence-electron chi connectivity index (χ3n) is 4.87. The predicted octanol–water partition coefficient (Wildman–Crippen LogP) is 2.93. The summed E-state index contributed by atoms with van der Waals surface area (Å²) >= 11 is 1.25. The van der Waals surface area contributed by atoms with E-state index in [1.165, 1.54) is 23.5 Å². The van der Waals surface area contributed by atoms with Crippen molar-refractivity contribution < 1.29 is 22.7 Å². The van der Waals surface area contributed by atoms with Crippen molar-refractivity contribution in [2.45, 2.75) is 30.7 Å². The van der Waals surface area contributed by atoms with E-state index >= 15 is 0 Å². The average Bonchev–Trinajstić information content (AvgIpc) is 3.30. The molecule has 10 heteroatoms. The third kappa shape index (κ3) is 3.63. The summed E-state index contributed by atoms with van der Waals surface area (Å²) in [6.45, 7) is 1.83. The molecule has 30 heavy (non-hydrogen) atoms. The van der Waals surface area contributed by atoms with Gasteiger partial charge in [0.2, 0.25) is 11.8 Å². The number of thiazole rings is 1.